The lowest BCUT2D eigenvalue weighted by molar-refractivity contribution is 0.432. The molecule has 9 heteroatoms. The zero-order valence-corrected chi connectivity index (χ0v) is 18.9. The Morgan fingerprint density at radius 2 is 1.59 bits per heavy atom. The van der Waals surface area contributed by atoms with Gasteiger partial charge in [0.15, 0.2) is 9.84 Å². The lowest BCUT2D eigenvalue weighted by Gasteiger charge is -2.10. The molecule has 8 nitrogen and oxygen atoms in total. The van der Waals surface area contributed by atoms with Gasteiger partial charge in [0.05, 0.1) is 28.2 Å². The van der Waals surface area contributed by atoms with Crippen LogP contribution in [-0.4, -0.2) is 59.9 Å². The van der Waals surface area contributed by atoms with Gasteiger partial charge in [-0.05, 0) is 45.3 Å². The SMILES string of the molecule is Cc1ncc(-c2ccc(S(=O)(=O)CCN(C)C)cc2)nc1-c1nnc(-c2ccccc2)o1. The molecule has 4 aromatic rings. The number of sulfone groups is 1. The summed E-state index contributed by atoms with van der Waals surface area (Å²) in [5.41, 5.74) is 3.29. The number of aromatic nitrogens is 4. The molecule has 32 heavy (non-hydrogen) atoms. The van der Waals surface area contributed by atoms with Crippen LogP contribution in [0.5, 0.6) is 0 Å². The number of nitrogens with zero attached hydrogens (tertiary/aromatic N) is 5. The Hall–Kier alpha value is -3.43. The van der Waals surface area contributed by atoms with E-state index in [4.69, 9.17) is 4.42 Å². The molecule has 0 saturated heterocycles. The summed E-state index contributed by atoms with van der Waals surface area (Å²) in [7, 11) is 0.345. The second kappa shape index (κ2) is 8.97. The van der Waals surface area contributed by atoms with Gasteiger partial charge in [-0.15, -0.1) is 10.2 Å². The standard InChI is InChI=1S/C23H23N5O3S/c1-16-21(23-27-26-22(31-23)18-7-5-4-6-8-18)25-20(15-24-16)17-9-11-19(12-10-17)32(29,30)14-13-28(2)3/h4-12,15H,13-14H2,1-3H3. The first-order valence-electron chi connectivity index (χ1n) is 10.0. The molecule has 0 unspecified atom stereocenters. The molecule has 2 aromatic carbocycles. The van der Waals surface area contributed by atoms with Gasteiger partial charge in [-0.25, -0.2) is 13.4 Å². The van der Waals surface area contributed by atoms with Crippen molar-refractivity contribution >= 4 is 9.84 Å². The number of hydrogen-bond acceptors (Lipinski definition) is 8. The van der Waals surface area contributed by atoms with Crippen LogP contribution in [0, 0.1) is 6.92 Å². The monoisotopic (exact) mass is 449 g/mol. The zero-order valence-electron chi connectivity index (χ0n) is 18.1. The molecule has 0 aliphatic heterocycles. The quantitative estimate of drug-likeness (QED) is 0.422. The number of hydrogen-bond donors (Lipinski definition) is 0. The molecule has 0 saturated carbocycles. The average Bonchev–Trinajstić information content (AvgIpc) is 3.29. The summed E-state index contributed by atoms with van der Waals surface area (Å²) in [6.45, 7) is 2.28. The van der Waals surface area contributed by atoms with Crippen molar-refractivity contribution in [3.63, 3.8) is 0 Å². The van der Waals surface area contributed by atoms with Gasteiger partial charge >= 0.3 is 0 Å². The predicted molar refractivity (Wildman–Crippen MR) is 122 cm³/mol. The Bertz CT molecular complexity index is 1320. The van der Waals surface area contributed by atoms with E-state index >= 15 is 0 Å². The molecular formula is C23H23N5O3S. The largest absolute Gasteiger partial charge is 0.415 e. The first-order valence-corrected chi connectivity index (χ1v) is 11.7. The molecule has 2 aromatic heterocycles. The third kappa shape index (κ3) is 4.74. The molecule has 0 spiro atoms. The molecule has 2 heterocycles. The highest BCUT2D eigenvalue weighted by molar-refractivity contribution is 7.91. The van der Waals surface area contributed by atoms with Gasteiger partial charge in [0.1, 0.15) is 5.69 Å². The van der Waals surface area contributed by atoms with E-state index in [2.05, 4.69) is 20.2 Å². The van der Waals surface area contributed by atoms with Gasteiger partial charge in [0, 0.05) is 17.7 Å². The first-order chi connectivity index (χ1) is 15.3. The zero-order chi connectivity index (χ0) is 22.7. The molecule has 0 aliphatic carbocycles. The third-order valence-corrected chi connectivity index (χ3v) is 6.63. The molecule has 164 valence electrons. The Kier molecular flexibility index (Phi) is 6.11. The maximum absolute atomic E-state index is 12.5. The van der Waals surface area contributed by atoms with Crippen LogP contribution in [0.3, 0.4) is 0 Å². The van der Waals surface area contributed by atoms with Crippen molar-refractivity contribution in [3.8, 4) is 34.3 Å². The van der Waals surface area contributed by atoms with Crippen molar-refractivity contribution in [2.45, 2.75) is 11.8 Å². The van der Waals surface area contributed by atoms with E-state index in [1.165, 1.54) is 0 Å². The normalized spacial score (nSPS) is 11.8. The van der Waals surface area contributed by atoms with Crippen molar-refractivity contribution in [2.24, 2.45) is 0 Å². The Morgan fingerprint density at radius 3 is 2.28 bits per heavy atom. The van der Waals surface area contributed by atoms with E-state index in [-0.39, 0.29) is 16.5 Å². The maximum Gasteiger partial charge on any atom is 0.268 e. The molecule has 0 aliphatic rings. The summed E-state index contributed by atoms with van der Waals surface area (Å²) in [5.74, 6) is 0.743. The molecule has 0 N–H and O–H groups in total. The van der Waals surface area contributed by atoms with Crippen molar-refractivity contribution in [2.75, 3.05) is 26.4 Å². The Labute approximate surface area is 186 Å². The van der Waals surface area contributed by atoms with Crippen LogP contribution in [0.1, 0.15) is 5.69 Å². The second-order valence-corrected chi connectivity index (χ2v) is 9.72. The van der Waals surface area contributed by atoms with E-state index in [1.807, 2.05) is 56.3 Å². The fraction of sp³-hybridized carbons (Fsp3) is 0.217. The van der Waals surface area contributed by atoms with Gasteiger partial charge in [-0.2, -0.15) is 0 Å². The van der Waals surface area contributed by atoms with E-state index in [1.54, 1.807) is 30.5 Å². The summed E-state index contributed by atoms with van der Waals surface area (Å²) in [6, 6.07) is 16.2. The molecule has 0 radical (unpaired) electrons. The van der Waals surface area contributed by atoms with E-state index < -0.39 is 9.84 Å². The minimum absolute atomic E-state index is 0.0642. The first kappa shape index (κ1) is 21.8. The maximum atomic E-state index is 12.5. The summed E-state index contributed by atoms with van der Waals surface area (Å²) < 4.78 is 30.8. The molecular weight excluding hydrogens is 426 g/mol. The highest BCUT2D eigenvalue weighted by Gasteiger charge is 2.18. The summed E-state index contributed by atoms with van der Waals surface area (Å²) in [5, 5.41) is 8.26. The predicted octanol–water partition coefficient (Wildman–Crippen LogP) is 3.50. The number of rotatable bonds is 7. The lowest BCUT2D eigenvalue weighted by Crippen LogP contribution is -2.21. The Morgan fingerprint density at radius 1 is 0.906 bits per heavy atom. The Balaban J connectivity index is 1.61. The smallest absolute Gasteiger partial charge is 0.268 e. The summed E-state index contributed by atoms with van der Waals surface area (Å²) in [4.78, 5) is 11.2. The average molecular weight is 450 g/mol. The molecule has 4 rings (SSSR count). The van der Waals surface area contributed by atoms with E-state index in [0.717, 1.165) is 11.1 Å². The fourth-order valence-corrected chi connectivity index (χ4v) is 4.45. The third-order valence-electron chi connectivity index (χ3n) is 4.92. The van der Waals surface area contributed by atoms with Crippen LogP contribution in [0.2, 0.25) is 0 Å². The van der Waals surface area contributed by atoms with Crippen LogP contribution < -0.4 is 0 Å². The van der Waals surface area contributed by atoms with Crippen LogP contribution >= 0.6 is 0 Å². The molecule has 0 bridgehead atoms. The minimum atomic E-state index is -3.35. The van der Waals surface area contributed by atoms with Crippen LogP contribution in [-0.2, 0) is 9.84 Å². The number of benzene rings is 2. The van der Waals surface area contributed by atoms with Gasteiger partial charge in [0.25, 0.3) is 5.89 Å². The van der Waals surface area contributed by atoms with Gasteiger partial charge in [0.2, 0.25) is 5.89 Å². The highest BCUT2D eigenvalue weighted by Crippen LogP contribution is 2.27. The highest BCUT2D eigenvalue weighted by atomic mass is 32.2. The second-order valence-electron chi connectivity index (χ2n) is 7.61. The van der Waals surface area contributed by atoms with Crippen LogP contribution in [0.25, 0.3) is 34.3 Å². The van der Waals surface area contributed by atoms with Crippen LogP contribution in [0.15, 0.2) is 70.1 Å². The van der Waals surface area contributed by atoms with Crippen molar-refractivity contribution < 1.29 is 12.8 Å². The summed E-state index contributed by atoms with van der Waals surface area (Å²) >= 11 is 0. The molecule has 0 atom stereocenters. The molecule has 0 amide bonds. The fourth-order valence-electron chi connectivity index (χ4n) is 3.06. The van der Waals surface area contributed by atoms with Gasteiger partial charge in [-0.1, -0.05) is 30.3 Å². The number of aryl methyl sites for hydroxylation is 1. The molecule has 0 fully saturated rings. The van der Waals surface area contributed by atoms with E-state index in [0.29, 0.717) is 29.5 Å². The van der Waals surface area contributed by atoms with Crippen molar-refractivity contribution in [3.05, 3.63) is 66.5 Å². The van der Waals surface area contributed by atoms with E-state index in [9.17, 15) is 8.42 Å². The minimum Gasteiger partial charge on any atom is -0.415 e. The van der Waals surface area contributed by atoms with Gasteiger partial charge in [-0.3, -0.25) is 4.98 Å². The van der Waals surface area contributed by atoms with Crippen LogP contribution in [0.4, 0.5) is 0 Å². The summed E-state index contributed by atoms with van der Waals surface area (Å²) in [6.07, 6.45) is 1.64. The topological polar surface area (TPSA) is 102 Å². The van der Waals surface area contributed by atoms with Crippen molar-refractivity contribution in [1.82, 2.24) is 25.1 Å². The lowest BCUT2D eigenvalue weighted by atomic mass is 10.1. The van der Waals surface area contributed by atoms with Gasteiger partial charge < -0.3 is 9.32 Å². The van der Waals surface area contributed by atoms with Crippen molar-refractivity contribution in [1.29, 1.82) is 0 Å².